The van der Waals surface area contributed by atoms with Gasteiger partial charge in [-0.25, -0.2) is 8.42 Å². The number of hydrogen-bond acceptors (Lipinski definition) is 8. The van der Waals surface area contributed by atoms with Gasteiger partial charge in [-0.05, 0) is 47.0 Å². The number of benzene rings is 1. The predicted molar refractivity (Wildman–Crippen MR) is 96.7 cm³/mol. The molecular weight excluding hydrogens is 392 g/mol. The molecule has 0 amide bonds. The van der Waals surface area contributed by atoms with Crippen molar-refractivity contribution in [3.05, 3.63) is 56.8 Å². The SMILES string of the molecule is O=[N+]([O-])c1cc(S(=O)(=O)N2CCCCC2)ccc1Oc1cccnc1[N+](=O)[O-]. The predicted octanol–water partition coefficient (Wildman–Crippen LogP) is 2.86. The molecule has 1 aromatic carbocycles. The number of pyridine rings is 1. The number of nitro groups is 2. The first-order valence-electron chi connectivity index (χ1n) is 8.36. The number of nitro benzene ring substituents is 1. The first-order chi connectivity index (χ1) is 13.3. The Bertz CT molecular complexity index is 1020. The summed E-state index contributed by atoms with van der Waals surface area (Å²) >= 11 is 0. The molecule has 1 aromatic heterocycles. The van der Waals surface area contributed by atoms with Crippen molar-refractivity contribution in [3.63, 3.8) is 0 Å². The maximum atomic E-state index is 12.7. The second-order valence-corrected chi connectivity index (χ2v) is 7.97. The molecule has 1 aliphatic heterocycles. The molecule has 1 fully saturated rings. The molecule has 11 nitrogen and oxygen atoms in total. The van der Waals surface area contributed by atoms with E-state index in [0.717, 1.165) is 31.4 Å². The van der Waals surface area contributed by atoms with Crippen LogP contribution >= 0.6 is 0 Å². The minimum atomic E-state index is -3.88. The van der Waals surface area contributed by atoms with E-state index in [2.05, 4.69) is 4.98 Å². The molecule has 0 bridgehead atoms. The third kappa shape index (κ3) is 3.92. The van der Waals surface area contributed by atoms with Crippen LogP contribution in [0.5, 0.6) is 11.5 Å². The van der Waals surface area contributed by atoms with Gasteiger partial charge in [-0.1, -0.05) is 6.42 Å². The quantitative estimate of drug-likeness (QED) is 0.524. The van der Waals surface area contributed by atoms with Crippen LogP contribution in [0.1, 0.15) is 19.3 Å². The average Bonchev–Trinajstić information content (AvgIpc) is 2.69. The number of aromatic nitrogens is 1. The minimum absolute atomic E-state index is 0.228. The highest BCUT2D eigenvalue weighted by Gasteiger charge is 2.29. The summed E-state index contributed by atoms with van der Waals surface area (Å²) in [5, 5.41) is 22.5. The van der Waals surface area contributed by atoms with Crippen molar-refractivity contribution in [3.8, 4) is 11.5 Å². The van der Waals surface area contributed by atoms with Crippen LogP contribution in [0.3, 0.4) is 0 Å². The fourth-order valence-corrected chi connectivity index (χ4v) is 4.40. The van der Waals surface area contributed by atoms with Gasteiger partial charge in [0.15, 0.2) is 0 Å². The number of hydrogen-bond donors (Lipinski definition) is 0. The van der Waals surface area contributed by atoms with Crippen molar-refractivity contribution in [2.45, 2.75) is 24.2 Å². The molecule has 0 aliphatic carbocycles. The van der Waals surface area contributed by atoms with Crippen molar-refractivity contribution in [2.24, 2.45) is 0 Å². The Hall–Kier alpha value is -3.12. The molecule has 0 N–H and O–H groups in total. The van der Waals surface area contributed by atoms with Crippen molar-refractivity contribution in [2.75, 3.05) is 13.1 Å². The molecule has 12 heteroatoms. The largest absolute Gasteiger partial charge is 0.441 e. The molecule has 2 heterocycles. The summed E-state index contributed by atoms with van der Waals surface area (Å²) in [5.41, 5.74) is -0.615. The van der Waals surface area contributed by atoms with Gasteiger partial charge in [-0.3, -0.25) is 10.1 Å². The van der Waals surface area contributed by atoms with E-state index in [-0.39, 0.29) is 16.4 Å². The normalized spacial score (nSPS) is 15.1. The Kier molecular flexibility index (Phi) is 5.51. The molecule has 2 aromatic rings. The summed E-state index contributed by atoms with van der Waals surface area (Å²) in [6.45, 7) is 0.715. The first kappa shape index (κ1) is 19.6. The zero-order valence-corrected chi connectivity index (χ0v) is 15.4. The van der Waals surface area contributed by atoms with Gasteiger partial charge in [0.1, 0.15) is 6.20 Å². The molecule has 0 unspecified atom stereocenters. The third-order valence-electron chi connectivity index (χ3n) is 4.22. The molecule has 0 spiro atoms. The highest BCUT2D eigenvalue weighted by Crippen LogP contribution is 2.36. The lowest BCUT2D eigenvalue weighted by atomic mass is 10.2. The van der Waals surface area contributed by atoms with Gasteiger partial charge in [-0.15, -0.1) is 0 Å². The van der Waals surface area contributed by atoms with Crippen LogP contribution < -0.4 is 4.74 Å². The Labute approximate surface area is 159 Å². The summed E-state index contributed by atoms with van der Waals surface area (Å²) < 4.78 is 32.1. The molecule has 148 valence electrons. The van der Waals surface area contributed by atoms with Gasteiger partial charge in [-0.2, -0.15) is 4.31 Å². The summed E-state index contributed by atoms with van der Waals surface area (Å²) in [4.78, 5) is 24.3. The number of nitrogens with zero attached hydrogens (tertiary/aromatic N) is 4. The zero-order chi connectivity index (χ0) is 20.3. The lowest BCUT2D eigenvalue weighted by Gasteiger charge is -2.25. The van der Waals surface area contributed by atoms with Crippen molar-refractivity contribution < 1.29 is 23.0 Å². The Morgan fingerprint density at radius 1 is 1.00 bits per heavy atom. The topological polar surface area (TPSA) is 146 Å². The summed E-state index contributed by atoms with van der Waals surface area (Å²) in [6.07, 6.45) is 3.58. The number of rotatable bonds is 6. The van der Waals surface area contributed by atoms with Crippen LogP contribution in [0, 0.1) is 20.2 Å². The highest BCUT2D eigenvalue weighted by atomic mass is 32.2. The minimum Gasteiger partial charge on any atom is -0.441 e. The van der Waals surface area contributed by atoms with Gasteiger partial charge in [0.25, 0.3) is 0 Å². The molecule has 1 saturated heterocycles. The maximum Gasteiger partial charge on any atom is 0.406 e. The van der Waals surface area contributed by atoms with Crippen LogP contribution in [0.15, 0.2) is 41.4 Å². The molecule has 0 radical (unpaired) electrons. The molecule has 28 heavy (non-hydrogen) atoms. The fourth-order valence-electron chi connectivity index (χ4n) is 2.86. The lowest BCUT2D eigenvalue weighted by molar-refractivity contribution is -0.391. The smallest absolute Gasteiger partial charge is 0.406 e. The van der Waals surface area contributed by atoms with E-state index in [1.165, 1.54) is 28.7 Å². The Morgan fingerprint density at radius 2 is 1.71 bits per heavy atom. The van der Waals surface area contributed by atoms with Gasteiger partial charge < -0.3 is 14.9 Å². The van der Waals surface area contributed by atoms with Crippen LogP contribution in [-0.2, 0) is 10.0 Å². The maximum absolute atomic E-state index is 12.7. The van der Waals surface area contributed by atoms with Crippen LogP contribution in [0.25, 0.3) is 0 Å². The number of sulfonamides is 1. The Morgan fingerprint density at radius 3 is 2.36 bits per heavy atom. The monoisotopic (exact) mass is 408 g/mol. The van der Waals surface area contributed by atoms with Gasteiger partial charge in [0.05, 0.1) is 9.82 Å². The summed E-state index contributed by atoms with van der Waals surface area (Å²) in [7, 11) is -3.88. The molecule has 3 rings (SSSR count). The van der Waals surface area contributed by atoms with Crippen LogP contribution in [-0.4, -0.2) is 40.6 Å². The van der Waals surface area contributed by atoms with Crippen LogP contribution in [0.2, 0.25) is 0 Å². The summed E-state index contributed by atoms with van der Waals surface area (Å²) in [6, 6.07) is 5.83. The first-order valence-corrected chi connectivity index (χ1v) is 9.80. The van der Waals surface area contributed by atoms with Crippen LogP contribution in [0.4, 0.5) is 11.5 Å². The summed E-state index contributed by atoms with van der Waals surface area (Å²) in [5.74, 6) is -1.22. The fraction of sp³-hybridized carbons (Fsp3) is 0.312. The number of piperidine rings is 1. The van der Waals surface area contributed by atoms with E-state index in [9.17, 15) is 28.6 Å². The molecule has 0 saturated carbocycles. The Balaban J connectivity index is 1.99. The van der Waals surface area contributed by atoms with Gasteiger partial charge in [0, 0.05) is 19.2 Å². The van der Waals surface area contributed by atoms with E-state index >= 15 is 0 Å². The highest BCUT2D eigenvalue weighted by molar-refractivity contribution is 7.89. The van der Waals surface area contributed by atoms with Crippen molar-refractivity contribution >= 4 is 21.5 Å². The van der Waals surface area contributed by atoms with E-state index in [1.807, 2.05) is 0 Å². The van der Waals surface area contributed by atoms with Gasteiger partial charge in [0.2, 0.25) is 21.5 Å². The zero-order valence-electron chi connectivity index (χ0n) is 14.6. The van der Waals surface area contributed by atoms with Crippen molar-refractivity contribution in [1.82, 2.24) is 9.29 Å². The average molecular weight is 408 g/mol. The third-order valence-corrected chi connectivity index (χ3v) is 6.12. The molecule has 1 aliphatic rings. The van der Waals surface area contributed by atoms with E-state index < -0.39 is 31.4 Å². The van der Waals surface area contributed by atoms with E-state index in [4.69, 9.17) is 4.74 Å². The van der Waals surface area contributed by atoms with Gasteiger partial charge >= 0.3 is 11.5 Å². The second kappa shape index (κ2) is 7.86. The standard InChI is InChI=1S/C16H16N4O7S/c21-19(22)13-11-12(28(25,26)18-9-2-1-3-10-18)6-7-14(13)27-15-5-4-8-17-16(15)20(23)24/h4-8,11H,1-3,9-10H2. The van der Waals surface area contributed by atoms with E-state index in [1.54, 1.807) is 0 Å². The lowest BCUT2D eigenvalue weighted by Crippen LogP contribution is -2.35. The molecular formula is C16H16N4O7S. The van der Waals surface area contributed by atoms with E-state index in [0.29, 0.717) is 13.1 Å². The second-order valence-electron chi connectivity index (χ2n) is 6.04. The van der Waals surface area contributed by atoms with Crippen molar-refractivity contribution in [1.29, 1.82) is 0 Å². The molecule has 0 atom stereocenters. The number of ether oxygens (including phenoxy) is 1.